The van der Waals surface area contributed by atoms with Gasteiger partial charge in [0.15, 0.2) is 6.61 Å². The molecule has 0 amide bonds. The van der Waals surface area contributed by atoms with E-state index in [1.54, 1.807) is 18.2 Å². The summed E-state index contributed by atoms with van der Waals surface area (Å²) in [4.78, 5) is 0. The summed E-state index contributed by atoms with van der Waals surface area (Å²) in [5.41, 5.74) is 0.715. The maximum Gasteiger partial charge on any atom is 0.422 e. The third-order valence-electron chi connectivity index (χ3n) is 2.53. The van der Waals surface area contributed by atoms with Crippen LogP contribution in [0.25, 0.3) is 0 Å². The highest BCUT2D eigenvalue weighted by Crippen LogP contribution is 2.30. The number of rotatable bonds is 6. The maximum absolute atomic E-state index is 12.2. The Kier molecular flexibility index (Phi) is 6.13. The van der Waals surface area contributed by atoms with E-state index in [0.29, 0.717) is 5.56 Å². The van der Waals surface area contributed by atoms with Gasteiger partial charge < -0.3 is 10.1 Å². The van der Waals surface area contributed by atoms with Crippen LogP contribution >= 0.6 is 15.9 Å². The van der Waals surface area contributed by atoms with Gasteiger partial charge in [0, 0.05) is 16.1 Å². The summed E-state index contributed by atoms with van der Waals surface area (Å²) in [5, 5.41) is 3.23. The number of ether oxygens (including phenoxy) is 1. The van der Waals surface area contributed by atoms with Crippen molar-refractivity contribution in [3.63, 3.8) is 0 Å². The van der Waals surface area contributed by atoms with E-state index in [1.807, 2.05) is 13.8 Å². The van der Waals surface area contributed by atoms with Crippen molar-refractivity contribution in [3.8, 4) is 5.75 Å². The van der Waals surface area contributed by atoms with E-state index in [4.69, 9.17) is 4.74 Å². The first-order valence-electron chi connectivity index (χ1n) is 6.06. The molecule has 0 aliphatic heterocycles. The van der Waals surface area contributed by atoms with Crippen LogP contribution in [0.4, 0.5) is 13.2 Å². The van der Waals surface area contributed by atoms with E-state index in [-0.39, 0.29) is 11.8 Å². The number of nitrogens with one attached hydrogen (secondary N) is 1. The minimum Gasteiger partial charge on any atom is -0.484 e. The van der Waals surface area contributed by atoms with Crippen molar-refractivity contribution in [2.75, 3.05) is 13.2 Å². The fraction of sp³-hybridized carbons (Fsp3) is 0.538. The van der Waals surface area contributed by atoms with E-state index < -0.39 is 12.8 Å². The lowest BCUT2D eigenvalue weighted by molar-refractivity contribution is -0.153. The summed E-state index contributed by atoms with van der Waals surface area (Å²) in [6.07, 6.45) is -3.37. The minimum atomic E-state index is -4.33. The quantitative estimate of drug-likeness (QED) is 0.826. The van der Waals surface area contributed by atoms with Crippen molar-refractivity contribution in [2.45, 2.75) is 32.5 Å². The molecule has 1 N–H and O–H groups in total. The Morgan fingerprint density at radius 1 is 1.37 bits per heavy atom. The number of hydrogen-bond acceptors (Lipinski definition) is 2. The largest absolute Gasteiger partial charge is 0.484 e. The Bertz CT molecular complexity index is 409. The zero-order valence-electron chi connectivity index (χ0n) is 10.9. The van der Waals surface area contributed by atoms with E-state index in [1.165, 1.54) is 0 Å². The topological polar surface area (TPSA) is 21.3 Å². The van der Waals surface area contributed by atoms with Crippen molar-refractivity contribution < 1.29 is 17.9 Å². The summed E-state index contributed by atoms with van der Waals surface area (Å²) >= 11 is 3.32. The Labute approximate surface area is 119 Å². The molecule has 108 valence electrons. The normalized spacial score (nSPS) is 13.4. The van der Waals surface area contributed by atoms with Gasteiger partial charge in [-0.3, -0.25) is 0 Å². The molecule has 2 nitrogen and oxygen atoms in total. The van der Waals surface area contributed by atoms with Gasteiger partial charge >= 0.3 is 6.18 Å². The minimum absolute atomic E-state index is 0.0688. The Morgan fingerprint density at radius 3 is 2.63 bits per heavy atom. The van der Waals surface area contributed by atoms with Crippen molar-refractivity contribution in [3.05, 3.63) is 28.2 Å². The van der Waals surface area contributed by atoms with Crippen LogP contribution in [0.5, 0.6) is 5.75 Å². The van der Waals surface area contributed by atoms with Gasteiger partial charge in [-0.2, -0.15) is 13.2 Å². The number of hydrogen-bond donors (Lipinski definition) is 1. The average Bonchev–Trinajstić information content (AvgIpc) is 2.33. The summed E-state index contributed by atoms with van der Waals surface area (Å²) in [5.74, 6) is 0.261. The van der Waals surface area contributed by atoms with E-state index in [2.05, 4.69) is 21.2 Å². The molecule has 1 aromatic carbocycles. The zero-order valence-corrected chi connectivity index (χ0v) is 12.4. The smallest absolute Gasteiger partial charge is 0.422 e. The number of halogens is 4. The van der Waals surface area contributed by atoms with Gasteiger partial charge in [-0.05, 0) is 38.1 Å². The highest BCUT2D eigenvalue weighted by molar-refractivity contribution is 9.10. The molecule has 0 bridgehead atoms. The Balaban J connectivity index is 2.85. The molecule has 0 aliphatic rings. The second-order valence-corrected chi connectivity index (χ2v) is 5.18. The lowest BCUT2D eigenvalue weighted by Gasteiger charge is -2.19. The Hall–Kier alpha value is -0.750. The number of alkyl halides is 3. The van der Waals surface area contributed by atoms with Crippen LogP contribution in [0, 0.1) is 0 Å². The molecule has 0 heterocycles. The van der Waals surface area contributed by atoms with Crippen molar-refractivity contribution in [1.29, 1.82) is 0 Å². The highest BCUT2D eigenvalue weighted by Gasteiger charge is 2.29. The highest BCUT2D eigenvalue weighted by atomic mass is 79.9. The average molecular weight is 340 g/mol. The third kappa shape index (κ3) is 5.82. The SMILES string of the molecule is CCCNC(C)c1cc(Br)ccc1OCC(F)(F)F. The van der Waals surface area contributed by atoms with Gasteiger partial charge in [-0.1, -0.05) is 22.9 Å². The first-order chi connectivity index (χ1) is 8.83. The summed E-state index contributed by atoms with van der Waals surface area (Å²) in [6, 6.07) is 4.93. The van der Waals surface area contributed by atoms with E-state index in [9.17, 15) is 13.2 Å². The van der Waals surface area contributed by atoms with Crippen LogP contribution in [0.1, 0.15) is 31.9 Å². The molecule has 0 aromatic heterocycles. The lowest BCUT2D eigenvalue weighted by atomic mass is 10.1. The van der Waals surface area contributed by atoms with Crippen molar-refractivity contribution in [2.24, 2.45) is 0 Å². The fourth-order valence-corrected chi connectivity index (χ4v) is 2.00. The summed E-state index contributed by atoms with van der Waals surface area (Å²) in [7, 11) is 0. The molecule has 0 saturated carbocycles. The van der Waals surface area contributed by atoms with Gasteiger partial charge in [-0.15, -0.1) is 0 Å². The van der Waals surface area contributed by atoms with Crippen LogP contribution in [-0.4, -0.2) is 19.3 Å². The van der Waals surface area contributed by atoms with Crippen LogP contribution in [-0.2, 0) is 0 Å². The zero-order chi connectivity index (χ0) is 14.5. The molecular formula is C13H17BrF3NO. The predicted molar refractivity (Wildman–Crippen MR) is 72.4 cm³/mol. The molecule has 1 atom stereocenters. The molecule has 0 radical (unpaired) electrons. The molecule has 0 spiro atoms. The monoisotopic (exact) mass is 339 g/mol. The molecule has 1 aromatic rings. The molecule has 6 heteroatoms. The molecular weight excluding hydrogens is 323 g/mol. The third-order valence-corrected chi connectivity index (χ3v) is 3.02. The van der Waals surface area contributed by atoms with Gasteiger partial charge in [0.25, 0.3) is 0 Å². The van der Waals surface area contributed by atoms with E-state index in [0.717, 1.165) is 17.4 Å². The van der Waals surface area contributed by atoms with Crippen LogP contribution in [0.3, 0.4) is 0 Å². The molecule has 19 heavy (non-hydrogen) atoms. The van der Waals surface area contributed by atoms with Crippen LogP contribution < -0.4 is 10.1 Å². The van der Waals surface area contributed by atoms with Gasteiger partial charge in [0.1, 0.15) is 5.75 Å². The van der Waals surface area contributed by atoms with Crippen molar-refractivity contribution in [1.82, 2.24) is 5.32 Å². The standard InChI is InChI=1S/C13H17BrF3NO/c1-3-6-18-9(2)11-7-10(14)4-5-12(11)19-8-13(15,16)17/h4-5,7,9,18H,3,6,8H2,1-2H3. The van der Waals surface area contributed by atoms with Gasteiger partial charge in [0.2, 0.25) is 0 Å². The first kappa shape index (κ1) is 16.3. The first-order valence-corrected chi connectivity index (χ1v) is 6.85. The second-order valence-electron chi connectivity index (χ2n) is 4.26. The predicted octanol–water partition coefficient (Wildman–Crippen LogP) is 4.45. The Morgan fingerprint density at radius 2 is 2.05 bits per heavy atom. The van der Waals surface area contributed by atoms with Gasteiger partial charge in [-0.25, -0.2) is 0 Å². The van der Waals surface area contributed by atoms with Crippen LogP contribution in [0.2, 0.25) is 0 Å². The van der Waals surface area contributed by atoms with Gasteiger partial charge in [0.05, 0.1) is 0 Å². The molecule has 1 unspecified atom stereocenters. The lowest BCUT2D eigenvalue weighted by Crippen LogP contribution is -2.23. The molecule has 0 saturated heterocycles. The maximum atomic E-state index is 12.2. The second kappa shape index (κ2) is 7.14. The van der Waals surface area contributed by atoms with Crippen LogP contribution in [0.15, 0.2) is 22.7 Å². The molecule has 1 rings (SSSR count). The fourth-order valence-electron chi connectivity index (χ4n) is 1.62. The summed E-state index contributed by atoms with van der Waals surface area (Å²) in [6.45, 7) is 3.45. The number of benzene rings is 1. The van der Waals surface area contributed by atoms with Crippen molar-refractivity contribution >= 4 is 15.9 Å². The van der Waals surface area contributed by atoms with E-state index >= 15 is 0 Å². The molecule has 0 fully saturated rings. The summed E-state index contributed by atoms with van der Waals surface area (Å²) < 4.78 is 42.3. The molecule has 0 aliphatic carbocycles.